The summed E-state index contributed by atoms with van der Waals surface area (Å²) in [7, 11) is 0. The fraction of sp³-hybridized carbons (Fsp3) is 0.100. The molecule has 0 radical (unpaired) electrons. The molecule has 0 bridgehead atoms. The molecule has 82 valence electrons. The average Bonchev–Trinajstić information content (AvgIpc) is 2.69. The van der Waals surface area contributed by atoms with Gasteiger partial charge in [0.15, 0.2) is 0 Å². The first-order valence-electron chi connectivity index (χ1n) is 4.67. The van der Waals surface area contributed by atoms with E-state index in [9.17, 15) is 9.59 Å². The average molecular weight is 218 g/mol. The monoisotopic (exact) mass is 218 g/mol. The zero-order valence-electron chi connectivity index (χ0n) is 8.60. The number of amides is 2. The molecule has 0 aromatic carbocycles. The molecule has 0 spiro atoms. The SMILES string of the molecule is CC(=O)NNC(=O)c1cn2ccccc2n1. The maximum absolute atomic E-state index is 11.5. The van der Waals surface area contributed by atoms with Gasteiger partial charge in [0, 0.05) is 19.3 Å². The van der Waals surface area contributed by atoms with Crippen LogP contribution in [0.25, 0.3) is 5.65 Å². The van der Waals surface area contributed by atoms with E-state index in [0.29, 0.717) is 5.65 Å². The van der Waals surface area contributed by atoms with Crippen LogP contribution < -0.4 is 10.9 Å². The number of hydrogen-bond donors (Lipinski definition) is 2. The third-order valence-electron chi connectivity index (χ3n) is 1.95. The lowest BCUT2D eigenvalue weighted by molar-refractivity contribution is -0.119. The molecule has 0 aliphatic rings. The predicted molar refractivity (Wildman–Crippen MR) is 56.5 cm³/mol. The van der Waals surface area contributed by atoms with Crippen LogP contribution in [-0.4, -0.2) is 21.2 Å². The molecule has 16 heavy (non-hydrogen) atoms. The van der Waals surface area contributed by atoms with Gasteiger partial charge in [-0.25, -0.2) is 4.98 Å². The Kier molecular flexibility index (Phi) is 2.55. The maximum atomic E-state index is 11.5. The Balaban J connectivity index is 2.20. The van der Waals surface area contributed by atoms with Crippen LogP contribution in [-0.2, 0) is 4.79 Å². The van der Waals surface area contributed by atoms with Gasteiger partial charge in [-0.3, -0.25) is 20.4 Å². The first kappa shape index (κ1) is 10.2. The summed E-state index contributed by atoms with van der Waals surface area (Å²) in [5, 5.41) is 0. The molecular weight excluding hydrogens is 208 g/mol. The Morgan fingerprint density at radius 2 is 2.12 bits per heavy atom. The quantitative estimate of drug-likeness (QED) is 0.667. The van der Waals surface area contributed by atoms with Gasteiger partial charge in [0.25, 0.3) is 5.91 Å². The topological polar surface area (TPSA) is 75.5 Å². The van der Waals surface area contributed by atoms with E-state index in [1.165, 1.54) is 6.92 Å². The van der Waals surface area contributed by atoms with Crippen LogP contribution in [0.4, 0.5) is 0 Å². The second-order valence-corrected chi connectivity index (χ2v) is 3.23. The van der Waals surface area contributed by atoms with Crippen molar-refractivity contribution in [3.05, 3.63) is 36.3 Å². The number of hydrogen-bond acceptors (Lipinski definition) is 3. The van der Waals surface area contributed by atoms with Gasteiger partial charge >= 0.3 is 0 Å². The number of aromatic nitrogens is 2. The molecule has 0 saturated carbocycles. The highest BCUT2D eigenvalue weighted by molar-refractivity contribution is 5.93. The molecule has 6 nitrogen and oxygen atoms in total. The van der Waals surface area contributed by atoms with Crippen LogP contribution in [0.1, 0.15) is 17.4 Å². The van der Waals surface area contributed by atoms with Crippen LogP contribution in [0.3, 0.4) is 0 Å². The van der Waals surface area contributed by atoms with Crippen LogP contribution in [0, 0.1) is 0 Å². The van der Waals surface area contributed by atoms with Gasteiger partial charge < -0.3 is 4.40 Å². The predicted octanol–water partition coefficient (Wildman–Crippen LogP) is 0.115. The lowest BCUT2D eigenvalue weighted by Crippen LogP contribution is -2.40. The molecule has 2 rings (SSSR count). The van der Waals surface area contributed by atoms with E-state index in [2.05, 4.69) is 15.8 Å². The molecule has 0 aliphatic carbocycles. The van der Waals surface area contributed by atoms with Crippen LogP contribution in [0.15, 0.2) is 30.6 Å². The molecule has 2 amide bonds. The smallest absolute Gasteiger partial charge is 0.289 e. The summed E-state index contributed by atoms with van der Waals surface area (Å²) >= 11 is 0. The second kappa shape index (κ2) is 4.01. The molecule has 2 N–H and O–H groups in total. The zero-order chi connectivity index (χ0) is 11.5. The normalized spacial score (nSPS) is 10.1. The van der Waals surface area contributed by atoms with Crippen molar-refractivity contribution >= 4 is 17.5 Å². The Morgan fingerprint density at radius 1 is 1.31 bits per heavy atom. The number of fused-ring (bicyclic) bond motifs is 1. The molecule has 2 aromatic heterocycles. The Morgan fingerprint density at radius 3 is 2.81 bits per heavy atom. The van der Waals surface area contributed by atoms with Gasteiger partial charge in [0.1, 0.15) is 11.3 Å². The molecule has 0 saturated heterocycles. The van der Waals surface area contributed by atoms with Crippen molar-refractivity contribution in [1.29, 1.82) is 0 Å². The first-order chi connectivity index (χ1) is 7.66. The maximum Gasteiger partial charge on any atom is 0.289 e. The summed E-state index contributed by atoms with van der Waals surface area (Å²) in [5.41, 5.74) is 5.37. The van der Waals surface area contributed by atoms with Crippen LogP contribution in [0.2, 0.25) is 0 Å². The summed E-state index contributed by atoms with van der Waals surface area (Å²) < 4.78 is 1.72. The number of hydrazine groups is 1. The van der Waals surface area contributed by atoms with E-state index in [4.69, 9.17) is 0 Å². The van der Waals surface area contributed by atoms with Crippen LogP contribution in [0.5, 0.6) is 0 Å². The van der Waals surface area contributed by atoms with E-state index in [0.717, 1.165) is 0 Å². The number of nitrogens with one attached hydrogen (secondary N) is 2. The van der Waals surface area contributed by atoms with Gasteiger partial charge in [-0.2, -0.15) is 0 Å². The van der Waals surface area contributed by atoms with Gasteiger partial charge in [-0.1, -0.05) is 6.07 Å². The van der Waals surface area contributed by atoms with Gasteiger partial charge in [0.2, 0.25) is 5.91 Å². The van der Waals surface area contributed by atoms with Crippen LogP contribution >= 0.6 is 0 Å². The third kappa shape index (κ3) is 2.00. The third-order valence-corrected chi connectivity index (χ3v) is 1.95. The largest absolute Gasteiger partial charge is 0.306 e. The fourth-order valence-corrected chi connectivity index (χ4v) is 1.25. The molecule has 0 aliphatic heterocycles. The molecule has 6 heteroatoms. The zero-order valence-corrected chi connectivity index (χ0v) is 8.60. The van der Waals surface area contributed by atoms with E-state index in [1.807, 2.05) is 12.1 Å². The Bertz CT molecular complexity index is 513. The summed E-state index contributed by atoms with van der Waals surface area (Å²) in [6.45, 7) is 1.31. The number of imidazole rings is 1. The molecule has 2 heterocycles. The van der Waals surface area contributed by atoms with Crippen molar-refractivity contribution in [1.82, 2.24) is 20.2 Å². The lowest BCUT2D eigenvalue weighted by atomic mass is 10.5. The van der Waals surface area contributed by atoms with Crippen molar-refractivity contribution < 1.29 is 9.59 Å². The minimum absolute atomic E-state index is 0.250. The highest BCUT2D eigenvalue weighted by Gasteiger charge is 2.09. The summed E-state index contributed by atoms with van der Waals surface area (Å²) in [6.07, 6.45) is 3.38. The second-order valence-electron chi connectivity index (χ2n) is 3.23. The van der Waals surface area contributed by atoms with Crippen molar-refractivity contribution in [2.24, 2.45) is 0 Å². The van der Waals surface area contributed by atoms with Gasteiger partial charge in [0.05, 0.1) is 0 Å². The Hall–Kier alpha value is -2.37. The molecule has 2 aromatic rings. The molecule has 0 atom stereocenters. The minimum Gasteiger partial charge on any atom is -0.306 e. The minimum atomic E-state index is -0.445. The van der Waals surface area contributed by atoms with E-state index >= 15 is 0 Å². The number of carbonyl (C=O) groups is 2. The first-order valence-corrected chi connectivity index (χ1v) is 4.67. The van der Waals surface area contributed by atoms with Crippen molar-refractivity contribution in [3.63, 3.8) is 0 Å². The van der Waals surface area contributed by atoms with E-state index < -0.39 is 5.91 Å². The van der Waals surface area contributed by atoms with Gasteiger partial charge in [-0.15, -0.1) is 0 Å². The standard InChI is InChI=1S/C10H10N4O2/c1-7(15)12-13-10(16)8-6-14-5-3-2-4-9(14)11-8/h2-6H,1H3,(H,12,15)(H,13,16). The van der Waals surface area contributed by atoms with E-state index in [-0.39, 0.29) is 11.6 Å². The molecular formula is C10H10N4O2. The van der Waals surface area contributed by atoms with Crippen molar-refractivity contribution in [3.8, 4) is 0 Å². The number of nitrogens with zero attached hydrogens (tertiary/aromatic N) is 2. The van der Waals surface area contributed by atoms with Crippen molar-refractivity contribution in [2.75, 3.05) is 0 Å². The lowest BCUT2D eigenvalue weighted by Gasteiger charge is -2.01. The molecule has 0 unspecified atom stereocenters. The fourth-order valence-electron chi connectivity index (χ4n) is 1.25. The summed E-state index contributed by atoms with van der Waals surface area (Å²) in [4.78, 5) is 26.2. The highest BCUT2D eigenvalue weighted by Crippen LogP contribution is 2.03. The van der Waals surface area contributed by atoms with Gasteiger partial charge in [-0.05, 0) is 12.1 Å². The summed E-state index contributed by atoms with van der Waals surface area (Å²) in [5.74, 6) is -0.781. The number of pyridine rings is 1. The highest BCUT2D eigenvalue weighted by atomic mass is 16.2. The van der Waals surface area contributed by atoms with Crippen molar-refractivity contribution in [2.45, 2.75) is 6.92 Å². The number of carbonyl (C=O) groups excluding carboxylic acids is 2. The Labute approximate surface area is 91.3 Å². The molecule has 0 fully saturated rings. The number of rotatable bonds is 1. The van der Waals surface area contributed by atoms with E-state index in [1.54, 1.807) is 22.9 Å². The summed E-state index contributed by atoms with van der Waals surface area (Å²) in [6, 6.07) is 5.46.